The predicted molar refractivity (Wildman–Crippen MR) is 120 cm³/mol. The van der Waals surface area contributed by atoms with Gasteiger partial charge in [-0.1, -0.05) is 11.6 Å². The Morgan fingerprint density at radius 3 is 2.50 bits per heavy atom. The zero-order valence-electron chi connectivity index (χ0n) is 16.0. The van der Waals surface area contributed by atoms with Gasteiger partial charge in [-0.15, -0.1) is 0 Å². The monoisotopic (exact) mass is 486 g/mol. The minimum Gasteiger partial charge on any atom is -0.496 e. The number of carbonyl (C=O) groups is 1. The lowest BCUT2D eigenvalue weighted by molar-refractivity contribution is 0.102. The highest BCUT2D eigenvalue weighted by Crippen LogP contribution is 2.32. The van der Waals surface area contributed by atoms with Crippen LogP contribution in [0, 0.1) is 0 Å². The Kier molecular flexibility index (Phi) is 5.65. The molecule has 8 heteroatoms. The van der Waals surface area contributed by atoms with Crippen LogP contribution in [-0.2, 0) is 0 Å². The van der Waals surface area contributed by atoms with E-state index in [1.165, 1.54) is 7.11 Å². The molecular formula is C22H16BrClN2O4. The summed E-state index contributed by atoms with van der Waals surface area (Å²) in [5, 5.41) is 3.21. The molecule has 4 aromatic rings. The van der Waals surface area contributed by atoms with E-state index >= 15 is 0 Å². The van der Waals surface area contributed by atoms with Crippen LogP contribution in [-0.4, -0.2) is 25.1 Å². The number of aromatic nitrogens is 1. The molecule has 0 fully saturated rings. The highest BCUT2D eigenvalue weighted by Gasteiger charge is 2.13. The largest absolute Gasteiger partial charge is 0.496 e. The van der Waals surface area contributed by atoms with E-state index in [1.807, 2.05) is 18.2 Å². The molecule has 0 atom stereocenters. The topological polar surface area (TPSA) is 73.6 Å². The molecule has 3 aromatic carbocycles. The molecule has 0 aliphatic rings. The molecule has 0 unspecified atom stereocenters. The summed E-state index contributed by atoms with van der Waals surface area (Å²) in [5.74, 6) is 1.41. The average Bonchev–Trinajstić information content (AvgIpc) is 3.17. The number of methoxy groups -OCH3 is 2. The van der Waals surface area contributed by atoms with Crippen LogP contribution in [0.25, 0.3) is 22.6 Å². The first kappa shape index (κ1) is 20.3. The van der Waals surface area contributed by atoms with E-state index in [2.05, 4.69) is 26.2 Å². The second-order valence-corrected chi connectivity index (χ2v) is 7.62. The zero-order valence-corrected chi connectivity index (χ0v) is 18.4. The van der Waals surface area contributed by atoms with E-state index in [0.29, 0.717) is 39.0 Å². The molecule has 152 valence electrons. The van der Waals surface area contributed by atoms with Crippen molar-refractivity contribution in [2.75, 3.05) is 19.5 Å². The normalized spacial score (nSPS) is 10.8. The molecule has 0 saturated carbocycles. The fourth-order valence-corrected chi connectivity index (χ4v) is 3.74. The Morgan fingerprint density at radius 2 is 1.80 bits per heavy atom. The number of benzene rings is 3. The quantitative estimate of drug-likeness (QED) is 0.364. The van der Waals surface area contributed by atoms with Gasteiger partial charge in [0.25, 0.3) is 5.91 Å². The number of halogens is 2. The van der Waals surface area contributed by atoms with Crippen LogP contribution in [0.2, 0.25) is 5.02 Å². The van der Waals surface area contributed by atoms with Gasteiger partial charge < -0.3 is 19.2 Å². The average molecular weight is 488 g/mol. The Balaban J connectivity index is 1.58. The number of rotatable bonds is 5. The maximum absolute atomic E-state index is 12.6. The number of nitrogens with zero attached hydrogens (tertiary/aromatic N) is 1. The number of oxazole rings is 1. The van der Waals surface area contributed by atoms with Gasteiger partial charge in [-0.2, -0.15) is 0 Å². The molecule has 4 rings (SSSR count). The first-order valence-corrected chi connectivity index (χ1v) is 10.0. The van der Waals surface area contributed by atoms with Gasteiger partial charge in [-0.25, -0.2) is 4.98 Å². The second-order valence-electron chi connectivity index (χ2n) is 6.35. The lowest BCUT2D eigenvalue weighted by Gasteiger charge is -2.07. The SMILES string of the molecule is COc1ccc(C(=O)Nc2ccc3oc(-c4ccc(OC)c(Br)c4)nc3c2)cc1Cl. The number of fused-ring (bicyclic) bond motifs is 1. The number of hydrogen-bond donors (Lipinski definition) is 1. The molecule has 1 amide bonds. The van der Waals surface area contributed by atoms with E-state index in [0.717, 1.165) is 15.8 Å². The van der Waals surface area contributed by atoms with Crippen molar-refractivity contribution < 1.29 is 18.7 Å². The lowest BCUT2D eigenvalue weighted by atomic mass is 10.2. The summed E-state index contributed by atoms with van der Waals surface area (Å²) < 4.78 is 17.0. The number of anilines is 1. The minimum atomic E-state index is -0.290. The van der Waals surface area contributed by atoms with Crippen LogP contribution in [0.1, 0.15) is 10.4 Å². The molecule has 1 heterocycles. The van der Waals surface area contributed by atoms with Gasteiger partial charge >= 0.3 is 0 Å². The fraction of sp³-hybridized carbons (Fsp3) is 0.0909. The van der Waals surface area contributed by atoms with E-state index < -0.39 is 0 Å². The Bertz CT molecular complexity index is 1260. The molecule has 1 N–H and O–H groups in total. The molecule has 0 aliphatic carbocycles. The van der Waals surface area contributed by atoms with Crippen LogP contribution in [0.4, 0.5) is 5.69 Å². The molecule has 6 nitrogen and oxygen atoms in total. The van der Waals surface area contributed by atoms with Gasteiger partial charge in [0.1, 0.15) is 17.0 Å². The number of amides is 1. The van der Waals surface area contributed by atoms with Gasteiger partial charge in [-0.3, -0.25) is 4.79 Å². The molecule has 0 radical (unpaired) electrons. The van der Waals surface area contributed by atoms with Crippen LogP contribution >= 0.6 is 27.5 Å². The summed E-state index contributed by atoms with van der Waals surface area (Å²) in [7, 11) is 3.13. The number of nitrogens with one attached hydrogen (secondary N) is 1. The maximum Gasteiger partial charge on any atom is 0.255 e. The maximum atomic E-state index is 12.6. The summed E-state index contributed by atoms with van der Waals surface area (Å²) in [5.41, 5.74) is 3.06. The van der Waals surface area contributed by atoms with Crippen molar-refractivity contribution in [2.45, 2.75) is 0 Å². The van der Waals surface area contributed by atoms with Crippen LogP contribution in [0.15, 0.2) is 63.5 Å². The van der Waals surface area contributed by atoms with Crippen molar-refractivity contribution in [1.29, 1.82) is 0 Å². The fourth-order valence-electron chi connectivity index (χ4n) is 2.94. The molecule has 1 aromatic heterocycles. The summed E-state index contributed by atoms with van der Waals surface area (Å²) >= 11 is 9.57. The molecule has 0 bridgehead atoms. The first-order chi connectivity index (χ1) is 14.5. The van der Waals surface area contributed by atoms with Crippen LogP contribution in [0.5, 0.6) is 11.5 Å². The predicted octanol–water partition coefficient (Wildman–Crippen LogP) is 6.18. The van der Waals surface area contributed by atoms with Crippen LogP contribution < -0.4 is 14.8 Å². The second kappa shape index (κ2) is 8.38. The van der Waals surface area contributed by atoms with Gasteiger partial charge in [0, 0.05) is 16.8 Å². The van der Waals surface area contributed by atoms with Gasteiger partial charge in [0.05, 0.1) is 23.7 Å². The summed E-state index contributed by atoms with van der Waals surface area (Å²) in [6, 6.07) is 15.7. The standard InChI is InChI=1S/C22H16BrClN2O4/c1-28-18-6-4-13(9-15(18)23)22-26-17-11-14(5-8-20(17)30-22)25-21(27)12-3-7-19(29-2)16(24)10-12/h3-11H,1-2H3,(H,25,27). The van der Waals surface area contributed by atoms with E-state index in [4.69, 9.17) is 25.5 Å². The highest BCUT2D eigenvalue weighted by atomic mass is 79.9. The molecular weight excluding hydrogens is 472 g/mol. The van der Waals surface area contributed by atoms with Gasteiger partial charge in [0.2, 0.25) is 5.89 Å². The lowest BCUT2D eigenvalue weighted by Crippen LogP contribution is -2.11. The molecule has 0 saturated heterocycles. The Labute approximate surface area is 185 Å². The van der Waals surface area contributed by atoms with Crippen LogP contribution in [0.3, 0.4) is 0 Å². The third-order valence-electron chi connectivity index (χ3n) is 4.46. The Hall–Kier alpha value is -3.03. The van der Waals surface area contributed by atoms with Crippen molar-refractivity contribution in [2.24, 2.45) is 0 Å². The molecule has 0 spiro atoms. The van der Waals surface area contributed by atoms with Crippen molar-refractivity contribution in [3.8, 4) is 23.0 Å². The first-order valence-electron chi connectivity index (χ1n) is 8.88. The number of hydrogen-bond acceptors (Lipinski definition) is 5. The Morgan fingerprint density at radius 1 is 1.03 bits per heavy atom. The molecule has 30 heavy (non-hydrogen) atoms. The van der Waals surface area contributed by atoms with Gasteiger partial charge in [-0.05, 0) is 70.5 Å². The number of carbonyl (C=O) groups excluding carboxylic acids is 1. The summed E-state index contributed by atoms with van der Waals surface area (Å²) in [6.45, 7) is 0. The van der Waals surface area contributed by atoms with Crippen molar-refractivity contribution in [3.63, 3.8) is 0 Å². The third kappa shape index (κ3) is 3.99. The van der Waals surface area contributed by atoms with Crippen molar-refractivity contribution >= 4 is 50.2 Å². The van der Waals surface area contributed by atoms with E-state index in [-0.39, 0.29) is 5.91 Å². The van der Waals surface area contributed by atoms with Crippen molar-refractivity contribution in [3.05, 3.63) is 69.7 Å². The summed E-state index contributed by atoms with van der Waals surface area (Å²) in [4.78, 5) is 17.1. The van der Waals surface area contributed by atoms with E-state index in [1.54, 1.807) is 43.5 Å². The molecule has 0 aliphatic heterocycles. The van der Waals surface area contributed by atoms with E-state index in [9.17, 15) is 4.79 Å². The smallest absolute Gasteiger partial charge is 0.255 e. The zero-order chi connectivity index (χ0) is 21.3. The third-order valence-corrected chi connectivity index (χ3v) is 5.37. The highest BCUT2D eigenvalue weighted by molar-refractivity contribution is 9.10. The minimum absolute atomic E-state index is 0.290. The van der Waals surface area contributed by atoms with Crippen molar-refractivity contribution in [1.82, 2.24) is 4.98 Å². The summed E-state index contributed by atoms with van der Waals surface area (Å²) in [6.07, 6.45) is 0. The van der Waals surface area contributed by atoms with Gasteiger partial charge in [0.15, 0.2) is 5.58 Å². The number of ether oxygens (including phenoxy) is 2.